The maximum Gasteiger partial charge on any atom is 0.271 e. The van der Waals surface area contributed by atoms with E-state index in [0.29, 0.717) is 28.7 Å². The molecule has 0 aliphatic carbocycles. The van der Waals surface area contributed by atoms with Crippen LogP contribution >= 0.6 is 23.2 Å². The van der Waals surface area contributed by atoms with Gasteiger partial charge in [0.1, 0.15) is 10.8 Å². The van der Waals surface area contributed by atoms with Crippen LogP contribution < -0.4 is 0 Å². The minimum Gasteiger partial charge on any atom is -0.279 e. The second-order valence-electron chi connectivity index (χ2n) is 2.95. The van der Waals surface area contributed by atoms with E-state index in [2.05, 4.69) is 9.97 Å². The van der Waals surface area contributed by atoms with Gasteiger partial charge in [0, 0.05) is 6.20 Å². The molecule has 4 nitrogen and oxygen atoms in total. The topological polar surface area (TPSA) is 47.3 Å². The van der Waals surface area contributed by atoms with E-state index < -0.39 is 5.24 Å². The van der Waals surface area contributed by atoms with Crippen molar-refractivity contribution in [3.63, 3.8) is 0 Å². The molecule has 0 bridgehead atoms. The van der Waals surface area contributed by atoms with Gasteiger partial charge in [-0.25, -0.2) is 9.97 Å². The van der Waals surface area contributed by atoms with Gasteiger partial charge >= 0.3 is 0 Å². The molecule has 0 aliphatic heterocycles. The van der Waals surface area contributed by atoms with Crippen LogP contribution in [-0.2, 0) is 6.42 Å². The summed E-state index contributed by atoms with van der Waals surface area (Å²) in [6, 6.07) is 1.58. The van der Waals surface area contributed by atoms with E-state index in [1.807, 2.05) is 6.92 Å². The maximum atomic E-state index is 11.2. The van der Waals surface area contributed by atoms with Crippen molar-refractivity contribution in [1.82, 2.24) is 14.4 Å². The molecule has 15 heavy (non-hydrogen) atoms. The summed E-state index contributed by atoms with van der Waals surface area (Å²) in [6.45, 7) is 1.90. The number of carbonyl (C=O) groups excluding carboxylic acids is 1. The molecule has 0 unspecified atom stereocenters. The van der Waals surface area contributed by atoms with Crippen LogP contribution in [0.4, 0.5) is 0 Å². The zero-order chi connectivity index (χ0) is 11.0. The first kappa shape index (κ1) is 10.4. The van der Waals surface area contributed by atoms with Gasteiger partial charge in [0.05, 0.1) is 5.69 Å². The van der Waals surface area contributed by atoms with Crippen molar-refractivity contribution in [2.24, 2.45) is 0 Å². The van der Waals surface area contributed by atoms with Crippen LogP contribution in [0, 0.1) is 0 Å². The molecular formula is C9H7Cl2N3O. The van der Waals surface area contributed by atoms with Gasteiger partial charge in [-0.15, -0.1) is 0 Å². The third-order valence-corrected chi connectivity index (χ3v) is 2.44. The Hall–Kier alpha value is -1.13. The number of carbonyl (C=O) groups is 1. The summed E-state index contributed by atoms with van der Waals surface area (Å²) in [5, 5.41) is -0.202. The predicted octanol–water partition coefficient (Wildman–Crippen LogP) is 2.32. The van der Waals surface area contributed by atoms with E-state index in [1.165, 1.54) is 0 Å². The highest BCUT2D eigenvalue weighted by Crippen LogP contribution is 2.16. The van der Waals surface area contributed by atoms with Crippen molar-refractivity contribution in [1.29, 1.82) is 0 Å². The Morgan fingerprint density at radius 2 is 2.27 bits per heavy atom. The van der Waals surface area contributed by atoms with Gasteiger partial charge in [0.25, 0.3) is 5.24 Å². The highest BCUT2D eigenvalue weighted by molar-refractivity contribution is 6.67. The molecule has 78 valence electrons. The summed E-state index contributed by atoms with van der Waals surface area (Å²) in [5.74, 6) is 0.392. The van der Waals surface area contributed by atoms with Crippen molar-refractivity contribution in [2.45, 2.75) is 13.3 Å². The Bertz CT molecular complexity index is 535. The fourth-order valence-corrected chi connectivity index (χ4v) is 1.74. The monoisotopic (exact) mass is 243 g/mol. The lowest BCUT2D eigenvalue weighted by atomic mass is 10.3. The lowest BCUT2D eigenvalue weighted by Crippen LogP contribution is -2.00. The average molecular weight is 244 g/mol. The zero-order valence-electron chi connectivity index (χ0n) is 7.87. The average Bonchev–Trinajstić information content (AvgIpc) is 2.54. The summed E-state index contributed by atoms with van der Waals surface area (Å²) < 4.78 is 1.54. The molecule has 2 heterocycles. The Balaban J connectivity index is 2.80. The molecule has 2 aromatic heterocycles. The molecule has 0 amide bonds. The number of rotatable bonds is 2. The molecule has 0 atom stereocenters. The third kappa shape index (κ3) is 1.70. The van der Waals surface area contributed by atoms with Crippen molar-refractivity contribution in [3.8, 4) is 0 Å². The minimum atomic E-state index is -0.538. The minimum absolute atomic E-state index is 0.337. The first-order valence-corrected chi connectivity index (χ1v) is 5.12. The van der Waals surface area contributed by atoms with Crippen LogP contribution in [0.15, 0.2) is 12.3 Å². The maximum absolute atomic E-state index is 11.2. The molecular weight excluding hydrogens is 237 g/mol. The standard InChI is InChI=1S/C9H7Cl2N3O/c1-2-5-7(8(11)15)14-4-3-6(10)13-9(14)12-5/h3-4H,2H2,1H3. The summed E-state index contributed by atoms with van der Waals surface area (Å²) in [4.78, 5) is 19.4. The third-order valence-electron chi connectivity index (χ3n) is 2.05. The molecule has 0 saturated carbocycles. The van der Waals surface area contributed by atoms with Gasteiger partial charge in [-0.05, 0) is 24.1 Å². The summed E-state index contributed by atoms with van der Waals surface area (Å²) in [5.41, 5.74) is 0.989. The first-order chi connectivity index (χ1) is 7.13. The van der Waals surface area contributed by atoms with Gasteiger partial charge in [0.15, 0.2) is 0 Å². The van der Waals surface area contributed by atoms with E-state index >= 15 is 0 Å². The summed E-state index contributed by atoms with van der Waals surface area (Å²) >= 11 is 11.2. The second kappa shape index (κ2) is 3.79. The fourth-order valence-electron chi connectivity index (χ4n) is 1.41. The van der Waals surface area contributed by atoms with E-state index in [-0.39, 0.29) is 0 Å². The van der Waals surface area contributed by atoms with Crippen molar-refractivity contribution in [2.75, 3.05) is 0 Å². The molecule has 0 saturated heterocycles. The highest BCUT2D eigenvalue weighted by Gasteiger charge is 2.16. The molecule has 0 radical (unpaired) electrons. The zero-order valence-corrected chi connectivity index (χ0v) is 9.38. The van der Waals surface area contributed by atoms with Gasteiger partial charge < -0.3 is 0 Å². The number of hydrogen-bond donors (Lipinski definition) is 0. The first-order valence-electron chi connectivity index (χ1n) is 4.36. The lowest BCUT2D eigenvalue weighted by molar-refractivity contribution is 0.107. The van der Waals surface area contributed by atoms with Crippen molar-refractivity contribution >= 4 is 34.2 Å². The number of hydrogen-bond acceptors (Lipinski definition) is 3. The van der Waals surface area contributed by atoms with Gasteiger partial charge in [-0.1, -0.05) is 18.5 Å². The van der Waals surface area contributed by atoms with Gasteiger partial charge in [0.2, 0.25) is 5.78 Å². The number of halogens is 2. The van der Waals surface area contributed by atoms with Gasteiger partial charge in [-0.2, -0.15) is 0 Å². The Morgan fingerprint density at radius 1 is 1.53 bits per heavy atom. The lowest BCUT2D eigenvalue weighted by Gasteiger charge is -1.96. The molecule has 2 rings (SSSR count). The summed E-state index contributed by atoms with van der Waals surface area (Å²) in [6.07, 6.45) is 2.25. The number of imidazole rings is 1. The Morgan fingerprint density at radius 3 is 2.87 bits per heavy atom. The van der Waals surface area contributed by atoms with E-state index in [0.717, 1.165) is 0 Å². The van der Waals surface area contributed by atoms with E-state index in [1.54, 1.807) is 16.7 Å². The normalized spacial score (nSPS) is 10.9. The second-order valence-corrected chi connectivity index (χ2v) is 3.69. The number of nitrogens with zero attached hydrogens (tertiary/aromatic N) is 3. The molecule has 0 N–H and O–H groups in total. The molecule has 2 aromatic rings. The smallest absolute Gasteiger partial charge is 0.271 e. The number of aryl methyl sites for hydroxylation is 1. The molecule has 0 aromatic carbocycles. The molecule has 6 heteroatoms. The number of fused-ring (bicyclic) bond motifs is 1. The Labute approximate surface area is 95.9 Å². The summed E-state index contributed by atoms with van der Waals surface area (Å²) in [7, 11) is 0. The van der Waals surface area contributed by atoms with Crippen LogP contribution in [0.1, 0.15) is 23.1 Å². The number of aromatic nitrogens is 3. The fraction of sp³-hybridized carbons (Fsp3) is 0.222. The van der Waals surface area contributed by atoms with Crippen molar-refractivity contribution in [3.05, 3.63) is 28.8 Å². The van der Waals surface area contributed by atoms with Crippen LogP contribution in [0.25, 0.3) is 5.78 Å². The molecule has 0 aliphatic rings. The van der Waals surface area contributed by atoms with Crippen molar-refractivity contribution < 1.29 is 4.79 Å². The molecule has 0 fully saturated rings. The van der Waals surface area contributed by atoms with E-state index in [9.17, 15) is 4.79 Å². The van der Waals surface area contributed by atoms with Gasteiger partial charge in [-0.3, -0.25) is 9.20 Å². The van der Waals surface area contributed by atoms with E-state index in [4.69, 9.17) is 23.2 Å². The quantitative estimate of drug-likeness (QED) is 0.601. The SMILES string of the molecule is CCc1nc2nc(Cl)ccn2c1C(=O)Cl. The highest BCUT2D eigenvalue weighted by atomic mass is 35.5. The van der Waals surface area contributed by atoms with Crippen LogP contribution in [0.2, 0.25) is 5.15 Å². The van der Waals surface area contributed by atoms with Crippen LogP contribution in [0.5, 0.6) is 0 Å². The predicted molar refractivity (Wildman–Crippen MR) is 57.6 cm³/mol. The van der Waals surface area contributed by atoms with Crippen LogP contribution in [-0.4, -0.2) is 19.6 Å². The Kier molecular flexibility index (Phi) is 2.63. The van der Waals surface area contributed by atoms with Crippen LogP contribution in [0.3, 0.4) is 0 Å². The largest absolute Gasteiger partial charge is 0.279 e. The molecule has 0 spiro atoms.